The summed E-state index contributed by atoms with van der Waals surface area (Å²) >= 11 is 12.1. The first-order chi connectivity index (χ1) is 16.6. The lowest BCUT2D eigenvalue weighted by Crippen LogP contribution is -2.17. The summed E-state index contributed by atoms with van der Waals surface area (Å²) in [5.41, 5.74) is -3.12. The molecule has 1 aromatic carbocycles. The van der Waals surface area contributed by atoms with Crippen molar-refractivity contribution in [3.63, 3.8) is 0 Å². The zero-order valence-corrected chi connectivity index (χ0v) is 21.0. The number of aromatic nitrogens is 4. The van der Waals surface area contributed by atoms with E-state index in [-0.39, 0.29) is 5.69 Å². The van der Waals surface area contributed by atoms with Gasteiger partial charge >= 0.3 is 6.18 Å². The van der Waals surface area contributed by atoms with Gasteiger partial charge in [0.25, 0.3) is 12.9 Å². The van der Waals surface area contributed by atoms with E-state index >= 15 is 0 Å². The molecule has 3 aromatic rings. The van der Waals surface area contributed by atoms with Gasteiger partial charge in [0.05, 0.1) is 21.2 Å². The van der Waals surface area contributed by atoms with Crippen LogP contribution in [0, 0.1) is 0 Å². The van der Waals surface area contributed by atoms with Crippen LogP contribution in [-0.4, -0.2) is 46.7 Å². The number of sulfone groups is 1. The highest BCUT2D eigenvalue weighted by atomic mass is 35.5. The maximum atomic E-state index is 13.7. The van der Waals surface area contributed by atoms with Gasteiger partial charge in [0.1, 0.15) is 27.0 Å². The summed E-state index contributed by atoms with van der Waals surface area (Å²) in [4.78, 5) is 6.11. The number of rotatable bonds is 7. The first kappa shape index (κ1) is 29.8. The molecule has 2 aromatic heterocycles. The predicted octanol–water partition coefficient (Wildman–Crippen LogP) is 6.50. The smallest absolute Gasteiger partial charge is 0.368 e. The summed E-state index contributed by atoms with van der Waals surface area (Å²) in [5, 5.41) is 4.73. The summed E-state index contributed by atoms with van der Waals surface area (Å²) in [6.45, 7) is 3.60. The Labute approximate surface area is 210 Å². The second-order valence-corrected chi connectivity index (χ2v) is 9.95. The van der Waals surface area contributed by atoms with Crippen LogP contribution in [0.15, 0.2) is 12.1 Å². The average Bonchev–Trinajstić information content (AvgIpc) is 3.10. The van der Waals surface area contributed by atoms with Gasteiger partial charge in [-0.3, -0.25) is 0 Å². The average molecular weight is 584 g/mol. The molecule has 3 rings (SSSR count). The Morgan fingerprint density at radius 1 is 1.03 bits per heavy atom. The summed E-state index contributed by atoms with van der Waals surface area (Å²) in [6.07, 6.45) is -10.8. The van der Waals surface area contributed by atoms with Gasteiger partial charge in [-0.15, -0.1) is 5.10 Å². The third-order valence-electron chi connectivity index (χ3n) is 4.29. The van der Waals surface area contributed by atoms with E-state index in [4.69, 9.17) is 23.2 Å². The second kappa shape index (κ2) is 11.3. The fourth-order valence-corrected chi connectivity index (χ4v) is 4.03. The van der Waals surface area contributed by atoms with Gasteiger partial charge in [0, 0.05) is 18.4 Å². The monoisotopic (exact) mass is 583 g/mol. The number of hydrogen-bond donors (Lipinski definition) is 1. The van der Waals surface area contributed by atoms with Crippen molar-refractivity contribution in [2.24, 2.45) is 0 Å². The van der Waals surface area contributed by atoms with Gasteiger partial charge in [-0.05, 0) is 12.1 Å². The number of anilines is 1. The van der Waals surface area contributed by atoms with E-state index in [0.29, 0.717) is 4.68 Å². The second-order valence-electron chi connectivity index (χ2n) is 6.88. The standard InChI is InChI=1S/C17H12Cl2F7N5O2S.C2H6/c1-34(32,33)3-2-27-15-9-10(13(22)23)28-16(17(24,25)26)29-14(9)30-31(15)11-7(18)4-6(12(20)21)5-8(11)19;1-2/h4-5,12-13,27H,2-3H2,1H3;1-2H3. The summed E-state index contributed by atoms with van der Waals surface area (Å²) in [6, 6.07) is 1.61. The van der Waals surface area contributed by atoms with Crippen LogP contribution >= 0.6 is 23.2 Å². The van der Waals surface area contributed by atoms with Gasteiger partial charge in [-0.25, -0.2) is 40.6 Å². The molecule has 200 valence electrons. The van der Waals surface area contributed by atoms with Crippen molar-refractivity contribution in [3.05, 3.63) is 39.3 Å². The van der Waals surface area contributed by atoms with E-state index in [2.05, 4.69) is 20.4 Å². The minimum atomic E-state index is -5.19. The lowest BCUT2D eigenvalue weighted by atomic mass is 10.2. The first-order valence-electron chi connectivity index (χ1n) is 9.95. The van der Waals surface area contributed by atoms with Crippen LogP contribution in [0.2, 0.25) is 10.0 Å². The molecule has 0 aliphatic heterocycles. The van der Waals surface area contributed by atoms with Crippen LogP contribution in [0.1, 0.15) is 43.8 Å². The number of alkyl halides is 7. The minimum absolute atomic E-state index is 0.346. The molecular formula is C19H18Cl2F7N5O2S. The molecule has 0 unspecified atom stereocenters. The summed E-state index contributed by atoms with van der Waals surface area (Å²) in [7, 11) is -3.55. The number of halogens is 9. The molecule has 7 nitrogen and oxygen atoms in total. The Morgan fingerprint density at radius 3 is 2.03 bits per heavy atom. The Balaban J connectivity index is 0.00000222. The molecule has 2 heterocycles. The number of fused-ring (bicyclic) bond motifs is 1. The van der Waals surface area contributed by atoms with Crippen molar-refractivity contribution in [2.75, 3.05) is 23.9 Å². The molecule has 0 amide bonds. The number of hydrogen-bond acceptors (Lipinski definition) is 6. The molecule has 0 bridgehead atoms. The third-order valence-corrected chi connectivity index (χ3v) is 5.81. The molecule has 17 heteroatoms. The molecule has 0 aliphatic rings. The highest BCUT2D eigenvalue weighted by Gasteiger charge is 2.38. The van der Waals surface area contributed by atoms with E-state index in [0.717, 1.165) is 18.4 Å². The van der Waals surface area contributed by atoms with E-state index in [1.54, 1.807) is 0 Å². The van der Waals surface area contributed by atoms with E-state index < -0.39 is 85.1 Å². The summed E-state index contributed by atoms with van der Waals surface area (Å²) < 4.78 is 117. The van der Waals surface area contributed by atoms with Crippen molar-refractivity contribution in [1.29, 1.82) is 0 Å². The maximum Gasteiger partial charge on any atom is 0.451 e. The lowest BCUT2D eigenvalue weighted by molar-refractivity contribution is -0.145. The third kappa shape index (κ3) is 6.68. The highest BCUT2D eigenvalue weighted by molar-refractivity contribution is 7.90. The van der Waals surface area contributed by atoms with E-state index in [1.165, 1.54) is 0 Å². The van der Waals surface area contributed by atoms with Gasteiger partial charge < -0.3 is 5.32 Å². The maximum absolute atomic E-state index is 13.7. The van der Waals surface area contributed by atoms with Crippen LogP contribution in [0.4, 0.5) is 36.6 Å². The molecule has 0 fully saturated rings. The SMILES string of the molecule is CC.CS(=O)(=O)CCNc1c2c(C(F)F)nc(C(F)(F)F)nc2nn1-c1c(Cl)cc(C(F)F)cc1Cl. The van der Waals surface area contributed by atoms with E-state index in [9.17, 15) is 39.2 Å². The topological polar surface area (TPSA) is 89.8 Å². The van der Waals surface area contributed by atoms with Crippen molar-refractivity contribution in [1.82, 2.24) is 19.7 Å². The molecule has 0 aliphatic carbocycles. The van der Waals surface area contributed by atoms with Gasteiger partial charge in [-0.1, -0.05) is 37.0 Å². The van der Waals surface area contributed by atoms with Crippen LogP contribution in [0.25, 0.3) is 16.7 Å². The molecule has 0 saturated heterocycles. The molecule has 1 N–H and O–H groups in total. The van der Waals surface area contributed by atoms with Crippen molar-refractivity contribution < 1.29 is 39.2 Å². The highest BCUT2D eigenvalue weighted by Crippen LogP contribution is 2.40. The van der Waals surface area contributed by atoms with Crippen molar-refractivity contribution in [3.8, 4) is 5.69 Å². The van der Waals surface area contributed by atoms with Gasteiger partial charge in [-0.2, -0.15) is 13.2 Å². The molecule has 0 saturated carbocycles. The zero-order valence-electron chi connectivity index (χ0n) is 18.6. The number of nitrogens with zero attached hydrogens (tertiary/aromatic N) is 4. The Kier molecular flexibility index (Phi) is 9.40. The normalized spacial score (nSPS) is 12.3. The molecule has 0 spiro atoms. The van der Waals surface area contributed by atoms with Crippen LogP contribution in [0.3, 0.4) is 0 Å². The molecular weight excluding hydrogens is 566 g/mol. The lowest BCUT2D eigenvalue weighted by Gasteiger charge is -2.14. The first-order valence-corrected chi connectivity index (χ1v) is 12.8. The van der Waals surface area contributed by atoms with Crippen molar-refractivity contribution in [2.45, 2.75) is 32.9 Å². The largest absolute Gasteiger partial charge is 0.451 e. The predicted molar refractivity (Wildman–Crippen MR) is 121 cm³/mol. The molecule has 0 atom stereocenters. The van der Waals surface area contributed by atoms with Gasteiger partial charge in [0.2, 0.25) is 5.82 Å². The molecule has 36 heavy (non-hydrogen) atoms. The minimum Gasteiger partial charge on any atom is -0.368 e. The van der Waals surface area contributed by atoms with E-state index in [1.807, 2.05) is 13.8 Å². The van der Waals surface area contributed by atoms with Crippen molar-refractivity contribution >= 4 is 49.9 Å². The van der Waals surface area contributed by atoms with Crippen LogP contribution in [-0.2, 0) is 16.0 Å². The van der Waals surface area contributed by atoms with Crippen LogP contribution < -0.4 is 5.32 Å². The Bertz CT molecular complexity index is 1330. The summed E-state index contributed by atoms with van der Waals surface area (Å²) in [5.74, 6) is -2.86. The quantitative estimate of drug-likeness (QED) is 0.319. The fraction of sp³-hybridized carbons (Fsp3) is 0.421. The fourth-order valence-electron chi connectivity index (χ4n) is 2.89. The molecule has 0 radical (unpaired) electrons. The Morgan fingerprint density at radius 2 is 1.58 bits per heavy atom. The van der Waals surface area contributed by atoms with Crippen LogP contribution in [0.5, 0.6) is 0 Å². The Hall–Kier alpha value is -2.39. The number of benzene rings is 1. The number of nitrogens with one attached hydrogen (secondary N) is 1. The zero-order chi connectivity index (χ0) is 27.6. The van der Waals surface area contributed by atoms with Gasteiger partial charge in [0.15, 0.2) is 5.65 Å².